The second-order valence-corrected chi connectivity index (χ2v) is 7.16. The van der Waals surface area contributed by atoms with Crippen LogP contribution >= 0.6 is 11.3 Å². The van der Waals surface area contributed by atoms with Gasteiger partial charge >= 0.3 is 0 Å². The van der Waals surface area contributed by atoms with Crippen molar-refractivity contribution in [2.24, 2.45) is 0 Å². The van der Waals surface area contributed by atoms with Crippen molar-refractivity contribution in [3.8, 4) is 0 Å². The van der Waals surface area contributed by atoms with Crippen LogP contribution in [0.15, 0.2) is 23.7 Å². The minimum absolute atomic E-state index is 0.0900. The zero-order valence-corrected chi connectivity index (χ0v) is 14.7. The van der Waals surface area contributed by atoms with E-state index in [1.807, 2.05) is 22.9 Å². The van der Waals surface area contributed by atoms with E-state index in [1.165, 1.54) is 4.88 Å². The van der Waals surface area contributed by atoms with Crippen LogP contribution in [0.5, 0.6) is 0 Å². The first-order valence-corrected chi connectivity index (χ1v) is 9.02. The molecule has 2 aromatic heterocycles. The first-order chi connectivity index (χ1) is 11.1. The molecule has 0 spiro atoms. The van der Waals surface area contributed by atoms with Gasteiger partial charge in [0.05, 0.1) is 18.4 Å². The van der Waals surface area contributed by atoms with E-state index in [0.29, 0.717) is 0 Å². The number of aromatic nitrogens is 2. The summed E-state index contributed by atoms with van der Waals surface area (Å²) in [4.78, 5) is 17.9. The average molecular weight is 332 g/mol. The Morgan fingerprint density at radius 1 is 1.26 bits per heavy atom. The van der Waals surface area contributed by atoms with Gasteiger partial charge in [0.15, 0.2) is 5.78 Å². The Kier molecular flexibility index (Phi) is 5.25. The highest BCUT2D eigenvalue weighted by Crippen LogP contribution is 2.12. The van der Waals surface area contributed by atoms with Gasteiger partial charge in [-0.2, -0.15) is 5.10 Å². The molecule has 0 aliphatic carbocycles. The molecular formula is C17H24N4OS. The van der Waals surface area contributed by atoms with Crippen molar-refractivity contribution in [3.63, 3.8) is 0 Å². The van der Waals surface area contributed by atoms with E-state index in [9.17, 15) is 4.79 Å². The van der Waals surface area contributed by atoms with Crippen LogP contribution in [0.25, 0.3) is 0 Å². The Morgan fingerprint density at radius 3 is 2.61 bits per heavy atom. The Bertz CT molecular complexity index is 642. The van der Waals surface area contributed by atoms with Gasteiger partial charge in [0, 0.05) is 43.3 Å². The van der Waals surface area contributed by atoms with Gasteiger partial charge in [0.1, 0.15) is 0 Å². The first-order valence-electron chi connectivity index (χ1n) is 8.14. The van der Waals surface area contributed by atoms with E-state index in [0.717, 1.165) is 57.1 Å². The van der Waals surface area contributed by atoms with Crippen LogP contribution in [-0.2, 0) is 13.1 Å². The van der Waals surface area contributed by atoms with E-state index < -0.39 is 0 Å². The zero-order valence-electron chi connectivity index (χ0n) is 13.9. The van der Waals surface area contributed by atoms with Crippen molar-refractivity contribution in [1.82, 2.24) is 19.6 Å². The lowest BCUT2D eigenvalue weighted by Crippen LogP contribution is -2.47. The summed E-state index contributed by atoms with van der Waals surface area (Å²) >= 11 is 1.84. The maximum absolute atomic E-state index is 11.5. The number of hydrogen-bond acceptors (Lipinski definition) is 5. The third kappa shape index (κ3) is 4.07. The summed E-state index contributed by atoms with van der Waals surface area (Å²) in [5, 5.41) is 6.51. The molecule has 5 nitrogen and oxygen atoms in total. The standard InChI is InChI=1S/C17H24N4OS/c1-14-17(15(2)22)12-18-21(14)13-20-9-7-19(8-10-20)6-5-16-4-3-11-23-16/h3-4,11-12H,5-10,13H2,1-2H3. The number of Topliss-reactive ketones (excluding diaryl/α,β-unsaturated/α-hetero) is 1. The van der Waals surface area contributed by atoms with Crippen LogP contribution in [0.2, 0.25) is 0 Å². The summed E-state index contributed by atoms with van der Waals surface area (Å²) in [5.41, 5.74) is 1.71. The lowest BCUT2D eigenvalue weighted by Gasteiger charge is -2.34. The number of piperazine rings is 1. The van der Waals surface area contributed by atoms with E-state index >= 15 is 0 Å². The van der Waals surface area contributed by atoms with Gasteiger partial charge in [-0.3, -0.25) is 14.4 Å². The van der Waals surface area contributed by atoms with Gasteiger partial charge in [-0.05, 0) is 31.7 Å². The monoisotopic (exact) mass is 332 g/mol. The van der Waals surface area contributed by atoms with Crippen LogP contribution in [-0.4, -0.2) is 58.1 Å². The smallest absolute Gasteiger partial charge is 0.163 e. The van der Waals surface area contributed by atoms with Crippen molar-refractivity contribution in [2.45, 2.75) is 26.9 Å². The van der Waals surface area contributed by atoms with Gasteiger partial charge in [-0.15, -0.1) is 11.3 Å². The SMILES string of the molecule is CC(=O)c1cnn(CN2CCN(CCc3cccs3)CC2)c1C. The molecule has 1 fully saturated rings. The van der Waals surface area contributed by atoms with E-state index in [4.69, 9.17) is 0 Å². The van der Waals surface area contributed by atoms with Crippen LogP contribution < -0.4 is 0 Å². The number of carbonyl (C=O) groups excluding carboxylic acids is 1. The van der Waals surface area contributed by atoms with Crippen LogP contribution in [0.3, 0.4) is 0 Å². The zero-order chi connectivity index (χ0) is 16.2. The Morgan fingerprint density at radius 2 is 2.00 bits per heavy atom. The minimum Gasteiger partial charge on any atom is -0.300 e. The van der Waals surface area contributed by atoms with Gasteiger partial charge in [0.25, 0.3) is 0 Å². The molecule has 0 aromatic carbocycles. The molecule has 2 aromatic rings. The van der Waals surface area contributed by atoms with Gasteiger partial charge in [-0.1, -0.05) is 6.07 Å². The summed E-state index contributed by atoms with van der Waals surface area (Å²) < 4.78 is 1.94. The third-order valence-corrected chi connectivity index (χ3v) is 5.47. The molecule has 0 bridgehead atoms. The summed E-state index contributed by atoms with van der Waals surface area (Å²) in [6.45, 7) is 9.80. The van der Waals surface area contributed by atoms with Gasteiger partial charge in [-0.25, -0.2) is 0 Å². The predicted octanol–water partition coefficient (Wildman–Crippen LogP) is 2.27. The van der Waals surface area contributed by atoms with Crippen molar-refractivity contribution < 1.29 is 4.79 Å². The molecule has 0 radical (unpaired) electrons. The Balaban J connectivity index is 1.46. The molecule has 0 amide bonds. The minimum atomic E-state index is 0.0900. The molecule has 1 aliphatic heterocycles. The quantitative estimate of drug-likeness (QED) is 0.761. The molecule has 124 valence electrons. The van der Waals surface area contributed by atoms with Gasteiger partial charge in [0.2, 0.25) is 0 Å². The highest BCUT2D eigenvalue weighted by atomic mass is 32.1. The van der Waals surface area contributed by atoms with Crippen LogP contribution in [0.4, 0.5) is 0 Å². The molecule has 3 rings (SSSR count). The van der Waals surface area contributed by atoms with E-state index in [2.05, 4.69) is 32.4 Å². The number of carbonyl (C=O) groups is 1. The van der Waals surface area contributed by atoms with E-state index in [1.54, 1.807) is 13.1 Å². The van der Waals surface area contributed by atoms with E-state index in [-0.39, 0.29) is 5.78 Å². The first kappa shape index (κ1) is 16.4. The fourth-order valence-electron chi connectivity index (χ4n) is 3.00. The molecule has 23 heavy (non-hydrogen) atoms. The molecule has 1 aliphatic rings. The molecular weight excluding hydrogens is 308 g/mol. The van der Waals surface area contributed by atoms with Crippen molar-refractivity contribution in [1.29, 1.82) is 0 Å². The van der Waals surface area contributed by atoms with Crippen LogP contribution in [0.1, 0.15) is 27.9 Å². The average Bonchev–Trinajstić information content (AvgIpc) is 3.17. The fourth-order valence-corrected chi connectivity index (χ4v) is 3.70. The summed E-state index contributed by atoms with van der Waals surface area (Å²) in [5.74, 6) is 0.0900. The highest BCUT2D eigenvalue weighted by Gasteiger charge is 2.18. The molecule has 6 heteroatoms. The number of nitrogens with zero attached hydrogens (tertiary/aromatic N) is 4. The second-order valence-electron chi connectivity index (χ2n) is 6.13. The fraction of sp³-hybridized carbons (Fsp3) is 0.529. The number of hydrogen-bond donors (Lipinski definition) is 0. The molecule has 1 saturated heterocycles. The molecule has 0 N–H and O–H groups in total. The Hall–Kier alpha value is -1.50. The normalized spacial score (nSPS) is 16.8. The maximum atomic E-state index is 11.5. The summed E-state index contributed by atoms with van der Waals surface area (Å²) in [6, 6.07) is 4.34. The van der Waals surface area contributed by atoms with Gasteiger partial charge < -0.3 is 4.90 Å². The summed E-state index contributed by atoms with van der Waals surface area (Å²) in [6.07, 6.45) is 2.84. The number of ketones is 1. The summed E-state index contributed by atoms with van der Waals surface area (Å²) in [7, 11) is 0. The topological polar surface area (TPSA) is 41.4 Å². The highest BCUT2D eigenvalue weighted by molar-refractivity contribution is 7.09. The number of thiophene rings is 1. The predicted molar refractivity (Wildman–Crippen MR) is 93.0 cm³/mol. The molecule has 0 unspecified atom stereocenters. The number of rotatable bonds is 6. The Labute approximate surface area is 141 Å². The van der Waals surface area contributed by atoms with Crippen LogP contribution in [0, 0.1) is 6.92 Å². The maximum Gasteiger partial charge on any atom is 0.163 e. The largest absolute Gasteiger partial charge is 0.300 e. The van der Waals surface area contributed by atoms with Crippen molar-refractivity contribution in [3.05, 3.63) is 39.8 Å². The lowest BCUT2D eigenvalue weighted by molar-refractivity contribution is 0.100. The lowest BCUT2D eigenvalue weighted by atomic mass is 10.2. The third-order valence-electron chi connectivity index (χ3n) is 4.54. The molecule has 0 atom stereocenters. The van der Waals surface area contributed by atoms with Crippen molar-refractivity contribution in [2.75, 3.05) is 32.7 Å². The molecule has 3 heterocycles. The van der Waals surface area contributed by atoms with Crippen molar-refractivity contribution >= 4 is 17.1 Å². The molecule has 0 saturated carbocycles. The second kappa shape index (κ2) is 7.38.